The van der Waals surface area contributed by atoms with Crippen LogP contribution >= 0.6 is 0 Å². The zero-order valence-corrected chi connectivity index (χ0v) is 19.9. The maximum Gasteiger partial charge on any atom is 0.343 e. The van der Waals surface area contributed by atoms with Crippen LogP contribution in [0.2, 0.25) is 0 Å². The second kappa shape index (κ2) is 16.8. The largest absolute Gasteiger partial charge is 0.439 e. The molecule has 0 aromatic heterocycles. The quantitative estimate of drug-likeness (QED) is 0.0689. The molecule has 0 spiro atoms. The van der Waals surface area contributed by atoms with Gasteiger partial charge in [0.05, 0.1) is 5.57 Å². The van der Waals surface area contributed by atoms with Crippen LogP contribution in [0.5, 0.6) is 0 Å². The summed E-state index contributed by atoms with van der Waals surface area (Å²) in [6.45, 7) is 17.0. The van der Waals surface area contributed by atoms with Gasteiger partial charge in [0.2, 0.25) is 5.90 Å². The minimum Gasteiger partial charge on any atom is -0.439 e. The Balaban J connectivity index is 5.12. The average molecular weight is 427 g/mol. The molecule has 0 radical (unpaired) electrons. The highest BCUT2D eigenvalue weighted by Gasteiger charge is 2.10. The summed E-state index contributed by atoms with van der Waals surface area (Å²) in [6, 6.07) is 0. The predicted octanol–water partition coefficient (Wildman–Crippen LogP) is 6.30. The number of carbonyl (C=O) groups is 1. The molecular weight excluding hydrogens is 388 g/mol. The van der Waals surface area contributed by atoms with Gasteiger partial charge in [0.25, 0.3) is 0 Å². The van der Waals surface area contributed by atoms with E-state index in [0.29, 0.717) is 29.2 Å². The minimum absolute atomic E-state index is 0.0621. The molecule has 0 saturated heterocycles. The third-order valence-electron chi connectivity index (χ3n) is 4.08. The third-order valence-corrected chi connectivity index (χ3v) is 4.08. The lowest BCUT2D eigenvalue weighted by atomic mass is 10.2. The van der Waals surface area contributed by atoms with Crippen molar-refractivity contribution in [3.63, 3.8) is 0 Å². The highest BCUT2D eigenvalue weighted by atomic mass is 16.5. The monoisotopic (exact) mass is 426 g/mol. The van der Waals surface area contributed by atoms with Crippen LogP contribution in [-0.4, -0.2) is 25.0 Å². The molecule has 0 aromatic carbocycles. The van der Waals surface area contributed by atoms with Crippen LogP contribution in [0.25, 0.3) is 0 Å². The molecule has 2 N–H and O–H groups in total. The Labute approximate surface area is 188 Å². The molecule has 5 heteroatoms. The number of ether oxygens (including phenoxy) is 2. The SMILES string of the molecule is C=C(/C=C\C(=C/C)OC(=O)C(/C=C\CNCC)=C/CC)C(=N)OC(=C/C)/C(C)=C\CC. The van der Waals surface area contributed by atoms with Crippen molar-refractivity contribution < 1.29 is 14.3 Å². The lowest BCUT2D eigenvalue weighted by Crippen LogP contribution is -2.12. The Morgan fingerprint density at radius 3 is 2.23 bits per heavy atom. The summed E-state index contributed by atoms with van der Waals surface area (Å²) in [5.41, 5.74) is 1.83. The number of hydrogen-bond acceptors (Lipinski definition) is 5. The smallest absolute Gasteiger partial charge is 0.343 e. The first-order valence-electron chi connectivity index (χ1n) is 10.8. The van der Waals surface area contributed by atoms with Crippen molar-refractivity contribution in [2.45, 2.75) is 54.4 Å². The normalized spacial score (nSPS) is 13.7. The van der Waals surface area contributed by atoms with Crippen molar-refractivity contribution in [3.05, 3.63) is 83.4 Å². The zero-order chi connectivity index (χ0) is 23.6. The predicted molar refractivity (Wildman–Crippen MR) is 131 cm³/mol. The van der Waals surface area contributed by atoms with Crippen molar-refractivity contribution in [3.8, 4) is 0 Å². The van der Waals surface area contributed by atoms with Crippen LogP contribution in [-0.2, 0) is 14.3 Å². The molecule has 0 bridgehead atoms. The van der Waals surface area contributed by atoms with E-state index in [2.05, 4.69) is 11.9 Å². The fourth-order valence-corrected chi connectivity index (χ4v) is 2.42. The standard InChI is InChI=1S/C26H38N2O3/c1-8-14-20(6)24(11-4)31-25(27)21(7)17-18-23(10-3)30-26(29)22(15-9-2)16-13-19-28-12-5/h10-11,13-18,27-28H,7-9,12,19H2,1-6H3/b16-13-,18-17-,20-14-,22-15+,23-10+,24-11+,27-25?. The van der Waals surface area contributed by atoms with E-state index in [0.717, 1.165) is 25.0 Å². The van der Waals surface area contributed by atoms with Gasteiger partial charge in [-0.1, -0.05) is 51.7 Å². The second-order valence-corrected chi connectivity index (χ2v) is 6.60. The van der Waals surface area contributed by atoms with Gasteiger partial charge in [-0.3, -0.25) is 5.41 Å². The molecule has 0 aliphatic rings. The fourth-order valence-electron chi connectivity index (χ4n) is 2.42. The van der Waals surface area contributed by atoms with Gasteiger partial charge >= 0.3 is 5.97 Å². The number of hydrogen-bond donors (Lipinski definition) is 2. The summed E-state index contributed by atoms with van der Waals surface area (Å²) in [5.74, 6) is 0.501. The van der Waals surface area contributed by atoms with Crippen LogP contribution in [0.4, 0.5) is 0 Å². The molecule has 0 heterocycles. The molecule has 0 saturated carbocycles. The van der Waals surface area contributed by atoms with Gasteiger partial charge in [-0.05, 0) is 70.0 Å². The summed E-state index contributed by atoms with van der Waals surface area (Å²) in [7, 11) is 0. The first-order chi connectivity index (χ1) is 14.8. The molecule has 0 rings (SSSR count). The van der Waals surface area contributed by atoms with Gasteiger partial charge in [0.1, 0.15) is 11.5 Å². The van der Waals surface area contributed by atoms with E-state index in [4.69, 9.17) is 14.9 Å². The van der Waals surface area contributed by atoms with Crippen LogP contribution in [0.1, 0.15) is 54.4 Å². The van der Waals surface area contributed by atoms with E-state index < -0.39 is 5.97 Å². The Morgan fingerprint density at radius 1 is 1.00 bits per heavy atom. The number of rotatable bonds is 13. The van der Waals surface area contributed by atoms with Crippen LogP contribution < -0.4 is 5.32 Å². The summed E-state index contributed by atoms with van der Waals surface area (Å²) in [4.78, 5) is 12.5. The first kappa shape index (κ1) is 28.1. The Morgan fingerprint density at radius 2 is 1.68 bits per heavy atom. The van der Waals surface area contributed by atoms with Crippen LogP contribution in [0.3, 0.4) is 0 Å². The van der Waals surface area contributed by atoms with E-state index in [-0.39, 0.29) is 5.90 Å². The van der Waals surface area contributed by atoms with Crippen molar-refractivity contribution >= 4 is 11.9 Å². The summed E-state index contributed by atoms with van der Waals surface area (Å²) >= 11 is 0. The first-order valence-corrected chi connectivity index (χ1v) is 10.8. The Kier molecular flexibility index (Phi) is 15.2. The Hall–Kier alpha value is -2.92. The molecule has 0 unspecified atom stereocenters. The van der Waals surface area contributed by atoms with Gasteiger partial charge < -0.3 is 14.8 Å². The molecule has 5 nitrogen and oxygen atoms in total. The van der Waals surface area contributed by atoms with Gasteiger partial charge in [-0.25, -0.2) is 4.79 Å². The summed E-state index contributed by atoms with van der Waals surface area (Å²) < 4.78 is 11.1. The molecule has 0 aliphatic heterocycles. The zero-order valence-electron chi connectivity index (χ0n) is 19.9. The van der Waals surface area contributed by atoms with E-state index in [9.17, 15) is 4.79 Å². The van der Waals surface area contributed by atoms with E-state index in [1.165, 1.54) is 0 Å². The maximum absolute atomic E-state index is 12.5. The van der Waals surface area contributed by atoms with Gasteiger partial charge in [0.15, 0.2) is 0 Å². The summed E-state index contributed by atoms with van der Waals surface area (Å²) in [6.07, 6.45) is 15.8. The fraction of sp³-hybridized carbons (Fsp3) is 0.385. The molecule has 170 valence electrons. The number of carbonyl (C=O) groups excluding carboxylic acids is 1. The lowest BCUT2D eigenvalue weighted by molar-refractivity contribution is -0.134. The summed E-state index contributed by atoms with van der Waals surface area (Å²) in [5, 5.41) is 11.3. The highest BCUT2D eigenvalue weighted by Crippen LogP contribution is 2.15. The van der Waals surface area contributed by atoms with E-state index >= 15 is 0 Å². The average Bonchev–Trinajstić information content (AvgIpc) is 2.76. The number of esters is 1. The molecule has 0 fully saturated rings. The highest BCUT2D eigenvalue weighted by molar-refractivity contribution is 5.94. The van der Waals surface area contributed by atoms with Crippen LogP contribution in [0.15, 0.2) is 83.4 Å². The third kappa shape index (κ3) is 11.7. The van der Waals surface area contributed by atoms with Gasteiger partial charge in [0, 0.05) is 12.1 Å². The molecule has 31 heavy (non-hydrogen) atoms. The molecule has 0 aromatic rings. The molecular formula is C26H38N2O3. The van der Waals surface area contributed by atoms with Gasteiger partial charge in [-0.2, -0.15) is 0 Å². The van der Waals surface area contributed by atoms with Crippen molar-refractivity contribution in [1.82, 2.24) is 5.32 Å². The van der Waals surface area contributed by atoms with Gasteiger partial charge in [-0.15, -0.1) is 0 Å². The molecule has 0 aliphatic carbocycles. The second-order valence-electron chi connectivity index (χ2n) is 6.60. The van der Waals surface area contributed by atoms with Crippen molar-refractivity contribution in [1.29, 1.82) is 5.41 Å². The van der Waals surface area contributed by atoms with Crippen molar-refractivity contribution in [2.24, 2.45) is 0 Å². The van der Waals surface area contributed by atoms with Crippen LogP contribution in [0, 0.1) is 5.41 Å². The maximum atomic E-state index is 12.5. The number of allylic oxidation sites excluding steroid dienone is 6. The lowest BCUT2D eigenvalue weighted by Gasteiger charge is -2.11. The molecule has 0 atom stereocenters. The van der Waals surface area contributed by atoms with Crippen molar-refractivity contribution in [2.75, 3.05) is 13.1 Å². The minimum atomic E-state index is -0.430. The number of nitrogens with one attached hydrogen (secondary N) is 2. The topological polar surface area (TPSA) is 71.4 Å². The van der Waals surface area contributed by atoms with E-state index in [1.54, 1.807) is 31.2 Å². The number of likely N-dealkylation sites (N-methyl/N-ethyl adjacent to an activating group) is 1. The van der Waals surface area contributed by atoms with E-state index in [1.807, 2.05) is 58.9 Å². The molecule has 0 amide bonds. The Bertz CT molecular complexity index is 793.